The summed E-state index contributed by atoms with van der Waals surface area (Å²) in [6.45, 7) is 7.20. The second-order valence-electron chi connectivity index (χ2n) is 8.56. The Labute approximate surface area is 212 Å². The number of benzene rings is 1. The lowest BCUT2D eigenvalue weighted by Crippen LogP contribution is -2.49. The van der Waals surface area contributed by atoms with Crippen molar-refractivity contribution in [2.45, 2.75) is 39.2 Å². The molecule has 0 aliphatic carbocycles. The molecular formula is C20H30BrFN8O4S. The number of aryl methyl sites for hydroxylation is 1. The summed E-state index contributed by atoms with van der Waals surface area (Å²) in [5.41, 5.74) is 2.74. The van der Waals surface area contributed by atoms with Gasteiger partial charge in [0, 0.05) is 12.1 Å². The predicted octanol–water partition coefficient (Wildman–Crippen LogP) is 1.84. The highest BCUT2D eigenvalue weighted by Crippen LogP contribution is 2.23. The molecule has 0 aliphatic rings. The van der Waals surface area contributed by atoms with Crippen molar-refractivity contribution in [2.24, 2.45) is 9.98 Å². The van der Waals surface area contributed by atoms with Gasteiger partial charge in [0.05, 0.1) is 23.0 Å². The molecule has 194 valence electrons. The first kappa shape index (κ1) is 28.6. The van der Waals surface area contributed by atoms with Crippen molar-refractivity contribution < 1.29 is 22.6 Å². The number of nitrogens with one attached hydrogen (secondary N) is 4. The third-order valence-corrected chi connectivity index (χ3v) is 5.30. The van der Waals surface area contributed by atoms with Crippen molar-refractivity contribution in [1.29, 1.82) is 0 Å². The molecule has 0 amide bonds. The maximum atomic E-state index is 13.4. The Morgan fingerprint density at radius 2 is 2.00 bits per heavy atom. The molecule has 0 atom stereocenters. The maximum absolute atomic E-state index is 13.4. The van der Waals surface area contributed by atoms with E-state index in [0.717, 1.165) is 6.26 Å². The Kier molecular flexibility index (Phi) is 10.5. The molecule has 0 radical (unpaired) electrons. The quantitative estimate of drug-likeness (QED) is 0.123. The average molecular weight is 577 g/mol. The van der Waals surface area contributed by atoms with E-state index in [0.29, 0.717) is 43.9 Å². The molecular weight excluding hydrogens is 547 g/mol. The van der Waals surface area contributed by atoms with Crippen LogP contribution < -0.4 is 20.8 Å². The average Bonchev–Trinajstić information content (AvgIpc) is 3.19. The number of hydrogen-bond donors (Lipinski definition) is 5. The molecule has 1 aromatic heterocycles. The first-order valence-corrected chi connectivity index (χ1v) is 13.3. The fourth-order valence-electron chi connectivity index (χ4n) is 2.75. The third kappa shape index (κ3) is 10.7. The van der Waals surface area contributed by atoms with Crippen LogP contribution in [0.4, 0.5) is 10.1 Å². The number of sulfonamides is 1. The Morgan fingerprint density at radius 3 is 2.63 bits per heavy atom. The van der Waals surface area contributed by atoms with Crippen LogP contribution in [0.25, 0.3) is 0 Å². The molecule has 15 heteroatoms. The number of halogens is 2. The van der Waals surface area contributed by atoms with Crippen LogP contribution >= 0.6 is 15.9 Å². The van der Waals surface area contributed by atoms with E-state index in [1.807, 2.05) is 26.3 Å². The van der Waals surface area contributed by atoms with E-state index < -0.39 is 15.8 Å². The molecule has 5 N–H and O–H groups in total. The number of rotatable bonds is 10. The van der Waals surface area contributed by atoms with Gasteiger partial charge in [0.1, 0.15) is 11.5 Å². The molecule has 0 unspecified atom stereocenters. The first-order chi connectivity index (χ1) is 16.4. The molecule has 0 fully saturated rings. The normalized spacial score (nSPS) is 13.1. The summed E-state index contributed by atoms with van der Waals surface area (Å²) in [5.74, 6) is -0.228. The summed E-state index contributed by atoms with van der Waals surface area (Å²) in [4.78, 5) is 8.51. The SMILES string of the molecule is CC(C)(C)NC(=NCCNCCCc1nonc1C(=Nc1ccc(F)c(Br)c1)NO)NS(C)(=O)=O. The van der Waals surface area contributed by atoms with E-state index >= 15 is 0 Å². The molecule has 0 bridgehead atoms. The Bertz CT molecular complexity index is 1150. The summed E-state index contributed by atoms with van der Waals surface area (Å²) in [5, 5.41) is 23.4. The van der Waals surface area contributed by atoms with Gasteiger partial charge in [-0.1, -0.05) is 5.16 Å². The van der Waals surface area contributed by atoms with Gasteiger partial charge in [-0.2, -0.15) is 0 Å². The third-order valence-electron chi connectivity index (χ3n) is 4.13. The fraction of sp³-hybridized carbons (Fsp3) is 0.500. The molecule has 12 nitrogen and oxygen atoms in total. The number of aliphatic imine (C=N–C) groups is 2. The highest BCUT2D eigenvalue weighted by Gasteiger charge is 2.17. The van der Waals surface area contributed by atoms with Crippen LogP contribution in [0.2, 0.25) is 0 Å². The van der Waals surface area contributed by atoms with Crippen LogP contribution in [-0.2, 0) is 16.4 Å². The summed E-state index contributed by atoms with van der Waals surface area (Å²) in [7, 11) is -3.45. The first-order valence-electron chi connectivity index (χ1n) is 10.6. The minimum atomic E-state index is -3.45. The molecule has 1 heterocycles. The minimum absolute atomic E-state index is 0.0132. The lowest BCUT2D eigenvalue weighted by Gasteiger charge is -2.23. The van der Waals surface area contributed by atoms with E-state index in [1.165, 1.54) is 18.2 Å². The summed E-state index contributed by atoms with van der Waals surface area (Å²) in [6.07, 6.45) is 2.22. The van der Waals surface area contributed by atoms with Gasteiger partial charge in [-0.15, -0.1) is 0 Å². The van der Waals surface area contributed by atoms with E-state index in [-0.39, 0.29) is 27.5 Å². The molecule has 0 saturated carbocycles. The molecule has 0 aliphatic heterocycles. The van der Waals surface area contributed by atoms with Gasteiger partial charge in [-0.3, -0.25) is 20.4 Å². The summed E-state index contributed by atoms with van der Waals surface area (Å²) < 4.78 is 43.9. The van der Waals surface area contributed by atoms with Crippen molar-refractivity contribution >= 4 is 43.4 Å². The van der Waals surface area contributed by atoms with Gasteiger partial charge >= 0.3 is 0 Å². The number of hydroxylamine groups is 1. The Balaban J connectivity index is 1.88. The van der Waals surface area contributed by atoms with Gasteiger partial charge in [-0.05, 0) is 79.4 Å². The Hall–Kier alpha value is -2.62. The van der Waals surface area contributed by atoms with E-state index in [2.05, 4.69) is 51.6 Å². The van der Waals surface area contributed by atoms with Crippen LogP contribution in [0.3, 0.4) is 0 Å². The zero-order valence-electron chi connectivity index (χ0n) is 19.9. The van der Waals surface area contributed by atoms with Crippen LogP contribution in [0.5, 0.6) is 0 Å². The van der Waals surface area contributed by atoms with Gasteiger partial charge in [0.2, 0.25) is 16.0 Å². The van der Waals surface area contributed by atoms with Crippen LogP contribution in [-0.4, -0.2) is 67.2 Å². The van der Waals surface area contributed by atoms with Gasteiger partial charge in [0.25, 0.3) is 0 Å². The molecule has 0 spiro atoms. The van der Waals surface area contributed by atoms with Crippen molar-refractivity contribution in [2.75, 3.05) is 25.9 Å². The zero-order valence-corrected chi connectivity index (χ0v) is 22.3. The Morgan fingerprint density at radius 1 is 1.26 bits per heavy atom. The second kappa shape index (κ2) is 12.9. The van der Waals surface area contributed by atoms with Crippen LogP contribution in [0, 0.1) is 5.82 Å². The number of aromatic nitrogens is 2. The fourth-order valence-corrected chi connectivity index (χ4v) is 3.58. The van der Waals surface area contributed by atoms with Crippen molar-refractivity contribution in [3.63, 3.8) is 0 Å². The number of amidine groups is 1. The number of hydrogen-bond acceptors (Lipinski definition) is 9. The highest BCUT2D eigenvalue weighted by atomic mass is 79.9. The summed E-state index contributed by atoms with van der Waals surface area (Å²) in [6, 6.07) is 4.15. The smallest absolute Gasteiger partial charge is 0.232 e. The topological polar surface area (TPSA) is 166 Å². The van der Waals surface area contributed by atoms with Crippen molar-refractivity contribution in [3.05, 3.63) is 39.9 Å². The van der Waals surface area contributed by atoms with Crippen LogP contribution in [0.1, 0.15) is 38.6 Å². The second-order valence-corrected chi connectivity index (χ2v) is 11.2. The van der Waals surface area contributed by atoms with Crippen molar-refractivity contribution in [3.8, 4) is 0 Å². The minimum Gasteiger partial charge on any atom is -0.351 e. The molecule has 2 aromatic rings. The molecule has 0 saturated heterocycles. The number of nitrogens with zero attached hydrogens (tertiary/aromatic N) is 4. The largest absolute Gasteiger partial charge is 0.351 e. The van der Waals surface area contributed by atoms with Crippen molar-refractivity contribution in [1.82, 2.24) is 31.1 Å². The highest BCUT2D eigenvalue weighted by molar-refractivity contribution is 9.10. The van der Waals surface area contributed by atoms with E-state index in [1.54, 1.807) is 0 Å². The monoisotopic (exact) mass is 576 g/mol. The zero-order chi connectivity index (χ0) is 26.1. The lowest BCUT2D eigenvalue weighted by atomic mass is 10.1. The summed E-state index contributed by atoms with van der Waals surface area (Å²) >= 11 is 3.09. The standard InChI is InChI=1S/C20H30BrFN8O4S/c1-20(2,3)26-19(30-35(4,32)33)24-11-10-23-9-5-6-16-17(29-34-28-16)18(27-31)25-13-7-8-15(22)14(21)12-13/h7-8,12,23,31H,5-6,9-11H2,1-4H3,(H,25,27)(H2,24,26,30). The van der Waals surface area contributed by atoms with E-state index in [9.17, 15) is 18.0 Å². The maximum Gasteiger partial charge on any atom is 0.232 e. The lowest BCUT2D eigenvalue weighted by molar-refractivity contribution is 0.234. The van der Waals surface area contributed by atoms with Gasteiger partial charge in [-0.25, -0.2) is 22.4 Å². The van der Waals surface area contributed by atoms with Gasteiger partial charge in [0.15, 0.2) is 11.5 Å². The van der Waals surface area contributed by atoms with E-state index in [4.69, 9.17) is 4.63 Å². The molecule has 35 heavy (non-hydrogen) atoms. The number of guanidine groups is 1. The molecule has 2 rings (SSSR count). The van der Waals surface area contributed by atoms with Gasteiger partial charge < -0.3 is 10.6 Å². The predicted molar refractivity (Wildman–Crippen MR) is 134 cm³/mol. The van der Waals surface area contributed by atoms with Crippen LogP contribution in [0.15, 0.2) is 37.3 Å². The molecule has 1 aromatic carbocycles.